The van der Waals surface area contributed by atoms with E-state index in [1.54, 1.807) is 11.3 Å². The Morgan fingerprint density at radius 3 is 2.53 bits per heavy atom. The van der Waals surface area contributed by atoms with Gasteiger partial charge in [-0.05, 0) is 26.7 Å². The fourth-order valence-corrected chi connectivity index (χ4v) is 3.59. The molecule has 0 aliphatic heterocycles. The largest absolute Gasteiger partial charge is 0.388 e. The minimum atomic E-state index is -0.402. The van der Waals surface area contributed by atoms with E-state index >= 15 is 0 Å². The SMILES string of the molecule is Cc1nc(N(C)C2CCCCC2)sc1C(C)O. The van der Waals surface area contributed by atoms with Gasteiger partial charge in [0.15, 0.2) is 5.13 Å². The van der Waals surface area contributed by atoms with Gasteiger partial charge in [0.2, 0.25) is 0 Å². The molecule has 1 aromatic heterocycles. The molecule has 1 N–H and O–H groups in total. The van der Waals surface area contributed by atoms with Crippen molar-refractivity contribution in [2.75, 3.05) is 11.9 Å². The molecule has 1 aromatic rings. The van der Waals surface area contributed by atoms with Gasteiger partial charge in [0.25, 0.3) is 0 Å². The third kappa shape index (κ3) is 2.80. The molecule has 1 aliphatic carbocycles. The lowest BCUT2D eigenvalue weighted by atomic mass is 9.95. The zero-order chi connectivity index (χ0) is 12.4. The fourth-order valence-electron chi connectivity index (χ4n) is 2.56. The molecule has 1 fully saturated rings. The number of anilines is 1. The molecule has 17 heavy (non-hydrogen) atoms. The minimum absolute atomic E-state index is 0.402. The van der Waals surface area contributed by atoms with Crippen LogP contribution in [0.3, 0.4) is 0 Å². The maximum atomic E-state index is 9.66. The van der Waals surface area contributed by atoms with Crippen LogP contribution in [-0.2, 0) is 0 Å². The van der Waals surface area contributed by atoms with Crippen LogP contribution in [-0.4, -0.2) is 23.2 Å². The smallest absolute Gasteiger partial charge is 0.185 e. The second-order valence-electron chi connectivity index (χ2n) is 5.02. The highest BCUT2D eigenvalue weighted by molar-refractivity contribution is 7.15. The topological polar surface area (TPSA) is 36.4 Å². The van der Waals surface area contributed by atoms with Crippen LogP contribution in [0.1, 0.15) is 55.7 Å². The predicted octanol–water partition coefficient (Wildman–Crippen LogP) is 3.27. The average Bonchev–Trinajstić information content (AvgIpc) is 2.71. The van der Waals surface area contributed by atoms with Crippen molar-refractivity contribution in [1.82, 2.24) is 4.98 Å². The van der Waals surface area contributed by atoms with Crippen LogP contribution in [0.5, 0.6) is 0 Å². The third-order valence-electron chi connectivity index (χ3n) is 3.62. The van der Waals surface area contributed by atoms with E-state index in [1.165, 1.54) is 32.1 Å². The van der Waals surface area contributed by atoms with Gasteiger partial charge in [0.1, 0.15) is 0 Å². The molecule has 1 aliphatic rings. The quantitative estimate of drug-likeness (QED) is 0.899. The summed E-state index contributed by atoms with van der Waals surface area (Å²) in [6, 6.07) is 0.635. The molecule has 0 aromatic carbocycles. The predicted molar refractivity (Wildman–Crippen MR) is 72.8 cm³/mol. The van der Waals surface area contributed by atoms with Crippen molar-refractivity contribution in [1.29, 1.82) is 0 Å². The Labute approximate surface area is 107 Å². The highest BCUT2D eigenvalue weighted by atomic mass is 32.1. The number of hydrogen-bond acceptors (Lipinski definition) is 4. The lowest BCUT2D eigenvalue weighted by molar-refractivity contribution is 0.202. The van der Waals surface area contributed by atoms with E-state index in [-0.39, 0.29) is 0 Å². The minimum Gasteiger partial charge on any atom is -0.388 e. The lowest BCUT2D eigenvalue weighted by Gasteiger charge is -2.30. The molecule has 1 unspecified atom stereocenters. The van der Waals surface area contributed by atoms with Crippen LogP contribution in [0.2, 0.25) is 0 Å². The first-order chi connectivity index (χ1) is 8.09. The maximum Gasteiger partial charge on any atom is 0.185 e. The van der Waals surface area contributed by atoms with Gasteiger partial charge < -0.3 is 10.0 Å². The summed E-state index contributed by atoms with van der Waals surface area (Å²) in [7, 11) is 2.14. The molecule has 0 spiro atoms. The summed E-state index contributed by atoms with van der Waals surface area (Å²) in [6.07, 6.45) is 6.20. The number of aromatic nitrogens is 1. The number of hydrogen-bond donors (Lipinski definition) is 1. The molecule has 96 valence electrons. The van der Waals surface area contributed by atoms with Crippen molar-refractivity contribution >= 4 is 16.5 Å². The molecular formula is C13H22N2OS. The lowest BCUT2D eigenvalue weighted by Crippen LogP contribution is -2.33. The van der Waals surface area contributed by atoms with E-state index in [9.17, 15) is 5.11 Å². The molecule has 1 saturated carbocycles. The monoisotopic (exact) mass is 254 g/mol. The Morgan fingerprint density at radius 1 is 1.35 bits per heavy atom. The molecule has 0 bridgehead atoms. The third-order valence-corrected chi connectivity index (χ3v) is 5.04. The van der Waals surface area contributed by atoms with Crippen LogP contribution < -0.4 is 4.90 Å². The number of thiazole rings is 1. The molecule has 1 atom stereocenters. The molecule has 0 radical (unpaired) electrons. The summed E-state index contributed by atoms with van der Waals surface area (Å²) < 4.78 is 0. The molecule has 2 rings (SSSR count). The second-order valence-corrected chi connectivity index (χ2v) is 6.03. The van der Waals surface area contributed by atoms with E-state index in [1.807, 2.05) is 13.8 Å². The van der Waals surface area contributed by atoms with E-state index < -0.39 is 6.10 Å². The Hall–Kier alpha value is -0.610. The van der Waals surface area contributed by atoms with Crippen LogP contribution in [0, 0.1) is 6.92 Å². The van der Waals surface area contributed by atoms with E-state index in [4.69, 9.17) is 0 Å². The maximum absolute atomic E-state index is 9.66. The van der Waals surface area contributed by atoms with Crippen molar-refractivity contribution in [3.05, 3.63) is 10.6 Å². The molecule has 3 nitrogen and oxygen atoms in total. The molecule has 0 saturated heterocycles. The number of aliphatic hydroxyl groups excluding tert-OH is 1. The van der Waals surface area contributed by atoms with Crippen LogP contribution in [0.25, 0.3) is 0 Å². The molecular weight excluding hydrogens is 232 g/mol. The standard InChI is InChI=1S/C13H22N2OS/c1-9-12(10(2)16)17-13(14-9)15(3)11-7-5-4-6-8-11/h10-11,16H,4-8H2,1-3H3. The second kappa shape index (κ2) is 5.36. The van der Waals surface area contributed by atoms with Gasteiger partial charge in [-0.1, -0.05) is 30.6 Å². The van der Waals surface area contributed by atoms with Gasteiger partial charge in [-0.15, -0.1) is 0 Å². The Morgan fingerprint density at radius 2 is 2.00 bits per heavy atom. The summed E-state index contributed by atoms with van der Waals surface area (Å²) in [5.41, 5.74) is 0.975. The molecule has 0 amide bonds. The van der Waals surface area contributed by atoms with Gasteiger partial charge in [-0.2, -0.15) is 0 Å². The Bertz CT molecular complexity index is 369. The Balaban J connectivity index is 2.13. The van der Waals surface area contributed by atoms with Crippen molar-refractivity contribution < 1.29 is 5.11 Å². The van der Waals surface area contributed by atoms with Crippen LogP contribution >= 0.6 is 11.3 Å². The first-order valence-electron chi connectivity index (χ1n) is 6.48. The van der Waals surface area contributed by atoms with Crippen molar-refractivity contribution in [2.45, 2.75) is 58.1 Å². The summed E-state index contributed by atoms with van der Waals surface area (Å²) in [5, 5.41) is 10.7. The highest BCUT2D eigenvalue weighted by Crippen LogP contribution is 2.33. The first-order valence-corrected chi connectivity index (χ1v) is 7.29. The van der Waals surface area contributed by atoms with Gasteiger partial charge >= 0.3 is 0 Å². The molecule has 4 heteroatoms. The van der Waals surface area contributed by atoms with Crippen molar-refractivity contribution in [3.63, 3.8) is 0 Å². The molecule has 1 heterocycles. The van der Waals surface area contributed by atoms with Crippen molar-refractivity contribution in [2.24, 2.45) is 0 Å². The zero-order valence-corrected chi connectivity index (χ0v) is 11.8. The van der Waals surface area contributed by atoms with Gasteiger partial charge in [0, 0.05) is 13.1 Å². The van der Waals surface area contributed by atoms with E-state index in [0.29, 0.717) is 6.04 Å². The summed E-state index contributed by atoms with van der Waals surface area (Å²) >= 11 is 1.63. The normalized spacial score (nSPS) is 19.3. The fraction of sp³-hybridized carbons (Fsp3) is 0.769. The van der Waals surface area contributed by atoms with Crippen LogP contribution in [0.4, 0.5) is 5.13 Å². The highest BCUT2D eigenvalue weighted by Gasteiger charge is 2.22. The number of nitrogens with zero attached hydrogens (tertiary/aromatic N) is 2. The zero-order valence-electron chi connectivity index (χ0n) is 10.9. The summed E-state index contributed by atoms with van der Waals surface area (Å²) in [6.45, 7) is 3.79. The van der Waals surface area contributed by atoms with Crippen molar-refractivity contribution in [3.8, 4) is 0 Å². The van der Waals surface area contributed by atoms with Gasteiger partial charge in [-0.3, -0.25) is 0 Å². The number of aryl methyl sites for hydroxylation is 1. The van der Waals surface area contributed by atoms with Gasteiger partial charge in [-0.25, -0.2) is 4.98 Å². The summed E-state index contributed by atoms with van der Waals surface area (Å²) in [4.78, 5) is 7.90. The number of rotatable bonds is 3. The summed E-state index contributed by atoms with van der Waals surface area (Å²) in [5.74, 6) is 0. The average molecular weight is 254 g/mol. The first kappa shape index (κ1) is 12.8. The van der Waals surface area contributed by atoms with Gasteiger partial charge in [0.05, 0.1) is 16.7 Å². The Kier molecular flexibility index (Phi) is 4.05. The number of aliphatic hydroxyl groups is 1. The van der Waals surface area contributed by atoms with E-state index in [0.717, 1.165) is 15.7 Å². The van der Waals surface area contributed by atoms with Crippen LogP contribution in [0.15, 0.2) is 0 Å². The van der Waals surface area contributed by atoms with E-state index in [2.05, 4.69) is 16.9 Å².